The van der Waals surface area contributed by atoms with Crippen LogP contribution < -0.4 is 0 Å². The Hall–Kier alpha value is -1.25. The van der Waals surface area contributed by atoms with E-state index in [1.165, 1.54) is 5.57 Å². The van der Waals surface area contributed by atoms with Crippen LogP contribution in [0.15, 0.2) is 23.8 Å². The normalized spacial score (nSPS) is 52.4. The lowest BCUT2D eigenvalue weighted by Crippen LogP contribution is -2.55. The maximum Gasteiger partial charge on any atom is 0.173 e. The molecule has 2 nitrogen and oxygen atoms in total. The third kappa shape index (κ3) is 1.96. The Morgan fingerprint density at radius 2 is 1.88 bits per heavy atom. The summed E-state index contributed by atoms with van der Waals surface area (Å²) in [5, 5.41) is 0. The van der Waals surface area contributed by atoms with Crippen LogP contribution in [0.1, 0.15) is 53.4 Å². The maximum absolute atomic E-state index is 14.4. The third-order valence-corrected chi connectivity index (χ3v) is 8.66. The lowest BCUT2D eigenvalue weighted by atomic mass is 9.43. The van der Waals surface area contributed by atoms with Gasteiger partial charge in [-0.05, 0) is 60.3 Å². The van der Waals surface area contributed by atoms with E-state index in [4.69, 9.17) is 0 Å². The van der Waals surface area contributed by atoms with E-state index in [0.717, 1.165) is 18.4 Å². The van der Waals surface area contributed by atoms with Crippen molar-refractivity contribution >= 4 is 11.6 Å². The summed E-state index contributed by atoms with van der Waals surface area (Å²) in [6.07, 6.45) is 3.20. The molecule has 0 amide bonds. The fraction of sp³-hybridized carbons (Fsp3) is 0.727. The summed E-state index contributed by atoms with van der Waals surface area (Å²) in [6, 6.07) is 0. The molecule has 0 aromatic carbocycles. The zero-order valence-corrected chi connectivity index (χ0v) is 15.8. The number of Topliss-reactive ketones (excluding diaryl/α,β-unsaturated/α-hetero) is 1. The molecule has 0 heterocycles. The van der Waals surface area contributed by atoms with Gasteiger partial charge in [0.15, 0.2) is 17.7 Å². The Labute approximate surface area is 149 Å². The first-order valence-electron chi connectivity index (χ1n) is 9.74. The number of carbonyl (C=O) groups excluding carboxylic acids is 2. The molecule has 0 radical (unpaired) electrons. The molecule has 0 aromatic rings. The monoisotopic (exact) mass is 344 g/mol. The van der Waals surface area contributed by atoms with Gasteiger partial charge >= 0.3 is 0 Å². The van der Waals surface area contributed by atoms with Crippen LogP contribution in [0.25, 0.3) is 0 Å². The molecule has 3 saturated carbocycles. The second-order valence-electron chi connectivity index (χ2n) is 9.51. The summed E-state index contributed by atoms with van der Waals surface area (Å²) in [7, 11) is 0. The summed E-state index contributed by atoms with van der Waals surface area (Å²) in [4.78, 5) is 24.7. The number of ketones is 2. The Bertz CT molecular complexity index is 707. The first-order chi connectivity index (χ1) is 11.6. The predicted molar refractivity (Wildman–Crippen MR) is 95.6 cm³/mol. The van der Waals surface area contributed by atoms with Gasteiger partial charge in [-0.3, -0.25) is 9.59 Å². The van der Waals surface area contributed by atoms with Crippen molar-refractivity contribution in [1.29, 1.82) is 0 Å². The van der Waals surface area contributed by atoms with Gasteiger partial charge in [0, 0.05) is 11.8 Å². The minimum atomic E-state index is -1.31. The SMILES string of the molecule is C=C1C(C)C2=CC(=O)CC(C)[C@]2(C)[C@@H]2CC[C@]3(C)C(=O)C(F)C[C@H]3[C@H]12. The molecule has 0 aliphatic heterocycles. The quantitative estimate of drug-likeness (QED) is 0.597. The molecule has 4 rings (SSSR count). The van der Waals surface area contributed by atoms with Crippen LogP contribution in [0.3, 0.4) is 0 Å². The van der Waals surface area contributed by atoms with Gasteiger partial charge in [-0.15, -0.1) is 0 Å². The number of halogens is 1. The molecule has 0 spiro atoms. The van der Waals surface area contributed by atoms with E-state index in [1.807, 2.05) is 13.0 Å². The molecule has 25 heavy (non-hydrogen) atoms. The number of hydrogen-bond donors (Lipinski definition) is 0. The molecule has 136 valence electrons. The smallest absolute Gasteiger partial charge is 0.173 e. The molecular weight excluding hydrogens is 315 g/mol. The van der Waals surface area contributed by atoms with Gasteiger partial charge < -0.3 is 0 Å². The number of carbonyl (C=O) groups is 2. The number of allylic oxidation sites excluding steroid dienone is 2. The van der Waals surface area contributed by atoms with E-state index < -0.39 is 11.6 Å². The summed E-state index contributed by atoms with van der Waals surface area (Å²) in [5.41, 5.74) is 1.77. The maximum atomic E-state index is 14.4. The molecule has 4 aliphatic carbocycles. The van der Waals surface area contributed by atoms with E-state index in [-0.39, 0.29) is 40.7 Å². The van der Waals surface area contributed by atoms with E-state index >= 15 is 0 Å². The van der Waals surface area contributed by atoms with Crippen LogP contribution in [0.2, 0.25) is 0 Å². The van der Waals surface area contributed by atoms with E-state index in [2.05, 4.69) is 27.4 Å². The van der Waals surface area contributed by atoms with Crippen LogP contribution >= 0.6 is 0 Å². The van der Waals surface area contributed by atoms with Crippen molar-refractivity contribution < 1.29 is 14.0 Å². The zero-order valence-electron chi connectivity index (χ0n) is 15.8. The van der Waals surface area contributed by atoms with Gasteiger partial charge in [0.2, 0.25) is 0 Å². The molecule has 0 saturated heterocycles. The summed E-state index contributed by atoms with van der Waals surface area (Å²) >= 11 is 0. The van der Waals surface area contributed by atoms with E-state index in [9.17, 15) is 14.0 Å². The van der Waals surface area contributed by atoms with Crippen molar-refractivity contribution in [2.45, 2.75) is 59.5 Å². The molecular formula is C22H29FO2. The van der Waals surface area contributed by atoms with Gasteiger partial charge in [0.1, 0.15) is 0 Å². The Morgan fingerprint density at radius 3 is 2.56 bits per heavy atom. The largest absolute Gasteiger partial charge is 0.296 e. The predicted octanol–water partition coefficient (Wildman–Crippen LogP) is 4.69. The fourth-order valence-corrected chi connectivity index (χ4v) is 6.93. The highest BCUT2D eigenvalue weighted by atomic mass is 19.1. The van der Waals surface area contributed by atoms with E-state index in [1.54, 1.807) is 0 Å². The zero-order chi connectivity index (χ0) is 18.3. The summed E-state index contributed by atoms with van der Waals surface area (Å²) in [5.74, 6) is 1.07. The van der Waals surface area contributed by atoms with Crippen molar-refractivity contribution in [3.63, 3.8) is 0 Å². The molecule has 0 aromatic heterocycles. The average molecular weight is 344 g/mol. The number of hydrogen-bond acceptors (Lipinski definition) is 2. The van der Waals surface area contributed by atoms with Gasteiger partial charge in [-0.2, -0.15) is 0 Å². The second-order valence-corrected chi connectivity index (χ2v) is 9.51. The molecule has 8 atom stereocenters. The van der Waals surface area contributed by atoms with Gasteiger partial charge in [0.05, 0.1) is 0 Å². The van der Waals surface area contributed by atoms with Crippen molar-refractivity contribution in [2.24, 2.45) is 40.4 Å². The fourth-order valence-electron chi connectivity index (χ4n) is 6.93. The van der Waals surface area contributed by atoms with Crippen molar-refractivity contribution in [3.8, 4) is 0 Å². The second kappa shape index (κ2) is 5.14. The minimum absolute atomic E-state index is 0.0437. The molecule has 3 fully saturated rings. The average Bonchev–Trinajstić information content (AvgIpc) is 2.78. The summed E-state index contributed by atoms with van der Waals surface area (Å²) in [6.45, 7) is 13.0. The van der Waals surface area contributed by atoms with Crippen LogP contribution in [0, 0.1) is 40.4 Å². The Kier molecular flexibility index (Phi) is 3.53. The highest BCUT2D eigenvalue weighted by molar-refractivity contribution is 5.93. The lowest BCUT2D eigenvalue weighted by Gasteiger charge is -2.61. The molecule has 4 aliphatic rings. The van der Waals surface area contributed by atoms with Crippen LogP contribution in [0.5, 0.6) is 0 Å². The van der Waals surface area contributed by atoms with Crippen LogP contribution in [-0.4, -0.2) is 17.7 Å². The number of fused-ring (bicyclic) bond motifs is 5. The number of alkyl halides is 1. The van der Waals surface area contributed by atoms with Crippen LogP contribution in [-0.2, 0) is 9.59 Å². The Morgan fingerprint density at radius 1 is 1.20 bits per heavy atom. The van der Waals surface area contributed by atoms with Gasteiger partial charge in [0.25, 0.3) is 0 Å². The topological polar surface area (TPSA) is 34.1 Å². The molecule has 0 N–H and O–H groups in total. The van der Waals surface area contributed by atoms with Gasteiger partial charge in [-0.1, -0.05) is 45.4 Å². The van der Waals surface area contributed by atoms with E-state index in [0.29, 0.717) is 18.8 Å². The lowest BCUT2D eigenvalue weighted by molar-refractivity contribution is -0.134. The highest BCUT2D eigenvalue weighted by Crippen LogP contribution is 2.67. The third-order valence-electron chi connectivity index (χ3n) is 8.66. The Balaban J connectivity index is 1.84. The minimum Gasteiger partial charge on any atom is -0.296 e. The molecule has 3 unspecified atom stereocenters. The van der Waals surface area contributed by atoms with Crippen molar-refractivity contribution in [1.82, 2.24) is 0 Å². The molecule has 0 bridgehead atoms. The summed E-state index contributed by atoms with van der Waals surface area (Å²) < 4.78 is 14.4. The standard InChI is InChI=1S/C22H29FO2/c1-11-8-14(24)9-16-12(2)13(3)19-15(22(11,16)5)6-7-21(4)17(19)10-18(23)20(21)25/h9,11-12,15,17-19H,3,6-8,10H2,1-2,4-5H3/t11?,12?,15-,17+,18?,19-,21+,22-/m1/s1. The van der Waals surface area contributed by atoms with Gasteiger partial charge in [-0.25, -0.2) is 4.39 Å². The van der Waals surface area contributed by atoms with Crippen molar-refractivity contribution in [3.05, 3.63) is 23.8 Å². The first kappa shape index (κ1) is 17.2. The highest BCUT2D eigenvalue weighted by Gasteiger charge is 2.64. The van der Waals surface area contributed by atoms with Crippen LogP contribution in [0.4, 0.5) is 4.39 Å². The first-order valence-corrected chi connectivity index (χ1v) is 9.74. The van der Waals surface area contributed by atoms with Crippen molar-refractivity contribution in [2.75, 3.05) is 0 Å². The number of rotatable bonds is 0. The molecule has 3 heteroatoms.